The topological polar surface area (TPSA) is 130 Å². The number of nitrogens with one attached hydrogen (secondary N) is 2. The van der Waals surface area contributed by atoms with Crippen molar-refractivity contribution in [1.29, 1.82) is 0 Å². The molecule has 0 aromatic carbocycles. The third kappa shape index (κ3) is 3.03. The predicted octanol–water partition coefficient (Wildman–Crippen LogP) is -6.18. The van der Waals surface area contributed by atoms with Crippen molar-refractivity contribution in [2.24, 2.45) is 14.1 Å². The second kappa shape index (κ2) is 6.69. The number of nitrogens with zero attached hydrogens (tertiary/aromatic N) is 6. The molecular weight excluding hydrogens is 350 g/mol. The van der Waals surface area contributed by atoms with Crippen LogP contribution in [0.15, 0.2) is 9.59 Å². The molecule has 0 saturated heterocycles. The van der Waals surface area contributed by atoms with Gasteiger partial charge >= 0.3 is 5.69 Å². The number of aryl methyl sites for hydroxylation is 1. The lowest BCUT2D eigenvalue weighted by atomic mass is 10.5. The highest BCUT2D eigenvalue weighted by Crippen LogP contribution is 2.16. The van der Waals surface area contributed by atoms with Gasteiger partial charge in [0.15, 0.2) is 11.2 Å². The maximum absolute atomic E-state index is 12.6. The van der Waals surface area contributed by atoms with Gasteiger partial charge in [-0.3, -0.25) is 13.9 Å². The van der Waals surface area contributed by atoms with Gasteiger partial charge in [0.05, 0.1) is 27.2 Å². The highest BCUT2D eigenvalue weighted by Gasteiger charge is 2.19. The van der Waals surface area contributed by atoms with Crippen LogP contribution in [0, 0.1) is 0 Å². The molecule has 3 aromatic heterocycles. The zero-order valence-electron chi connectivity index (χ0n) is 14.4. The molecule has 11 nitrogen and oxygen atoms in total. The molecule has 136 valence electrons. The first-order chi connectivity index (χ1) is 11.3. The third-order valence-corrected chi connectivity index (χ3v) is 3.80. The van der Waals surface area contributed by atoms with Gasteiger partial charge in [-0.25, -0.2) is 9.20 Å². The van der Waals surface area contributed by atoms with Gasteiger partial charge in [0.25, 0.3) is 5.56 Å². The second-order valence-corrected chi connectivity index (χ2v) is 5.91. The summed E-state index contributed by atoms with van der Waals surface area (Å²) in [4.78, 5) is 38.4. The van der Waals surface area contributed by atoms with Crippen molar-refractivity contribution in [2.45, 2.75) is 0 Å². The van der Waals surface area contributed by atoms with Gasteiger partial charge in [-0.05, 0) is 0 Å². The van der Waals surface area contributed by atoms with E-state index in [9.17, 15) is 9.59 Å². The average molecular weight is 370 g/mol. The molecule has 0 aliphatic rings. The highest BCUT2D eigenvalue weighted by atomic mass is 35.5. The second-order valence-electron chi connectivity index (χ2n) is 5.91. The van der Waals surface area contributed by atoms with Crippen LogP contribution in [-0.4, -0.2) is 55.7 Å². The van der Waals surface area contributed by atoms with Crippen LogP contribution in [0.5, 0.6) is 0 Å². The Bertz CT molecular complexity index is 1050. The van der Waals surface area contributed by atoms with Crippen molar-refractivity contribution in [3.8, 4) is 0 Å². The molecule has 12 heteroatoms. The van der Waals surface area contributed by atoms with Crippen LogP contribution >= 0.6 is 0 Å². The zero-order chi connectivity index (χ0) is 17.6. The van der Waals surface area contributed by atoms with E-state index < -0.39 is 11.2 Å². The van der Waals surface area contributed by atoms with Crippen molar-refractivity contribution in [3.63, 3.8) is 0 Å². The fourth-order valence-electron chi connectivity index (χ4n) is 2.49. The Morgan fingerprint density at radius 1 is 1.12 bits per heavy atom. The van der Waals surface area contributed by atoms with E-state index in [1.165, 1.54) is 20.9 Å². The molecule has 3 aromatic rings. The number of hydrogen-bond donors (Lipinski definition) is 3. The molecule has 0 bridgehead atoms. The summed E-state index contributed by atoms with van der Waals surface area (Å²) in [5.74, 6) is 0.631. The van der Waals surface area contributed by atoms with Crippen molar-refractivity contribution >= 4 is 28.8 Å². The molecule has 25 heavy (non-hydrogen) atoms. The summed E-state index contributed by atoms with van der Waals surface area (Å²) < 4.78 is 3.83. The van der Waals surface area contributed by atoms with Crippen molar-refractivity contribution in [2.75, 3.05) is 38.2 Å². The molecule has 0 fully saturated rings. The molecule has 3 heterocycles. The largest absolute Gasteiger partial charge is 1.00 e. The van der Waals surface area contributed by atoms with E-state index in [4.69, 9.17) is 5.73 Å². The van der Waals surface area contributed by atoms with Gasteiger partial charge in [-0.2, -0.15) is 15.0 Å². The lowest BCUT2D eigenvalue weighted by molar-refractivity contribution is -0.856. The molecule has 0 spiro atoms. The van der Waals surface area contributed by atoms with E-state index in [1.807, 2.05) is 14.1 Å². The van der Waals surface area contributed by atoms with Gasteiger partial charge < -0.3 is 28.4 Å². The van der Waals surface area contributed by atoms with E-state index in [-0.39, 0.29) is 35.3 Å². The van der Waals surface area contributed by atoms with Gasteiger partial charge in [-0.15, -0.1) is 0 Å². The monoisotopic (exact) mass is 369 g/mol. The third-order valence-electron chi connectivity index (χ3n) is 3.80. The lowest BCUT2D eigenvalue weighted by Crippen LogP contribution is -3.06. The number of nitrogens with two attached hydrogens (primary N) is 1. The summed E-state index contributed by atoms with van der Waals surface area (Å²) in [6, 6.07) is 0. The number of anilines is 2. The number of aromatic nitrogens is 6. The fourth-order valence-corrected chi connectivity index (χ4v) is 2.49. The summed E-state index contributed by atoms with van der Waals surface area (Å²) in [5.41, 5.74) is 5.29. The number of fused-ring (bicyclic) bond motifs is 3. The maximum Gasteiger partial charge on any atom is 0.332 e. The fraction of sp³-hybridized carbons (Fsp3) is 0.462. The highest BCUT2D eigenvalue weighted by molar-refractivity contribution is 5.77. The summed E-state index contributed by atoms with van der Waals surface area (Å²) in [7, 11) is 7.04. The van der Waals surface area contributed by atoms with Gasteiger partial charge in [0.2, 0.25) is 17.7 Å². The summed E-state index contributed by atoms with van der Waals surface area (Å²) in [6.07, 6.45) is 0. The minimum atomic E-state index is -0.463. The maximum atomic E-state index is 12.6. The molecule has 0 amide bonds. The van der Waals surface area contributed by atoms with E-state index >= 15 is 0 Å². The van der Waals surface area contributed by atoms with Crippen LogP contribution in [0.4, 0.5) is 11.9 Å². The lowest BCUT2D eigenvalue weighted by Gasteiger charge is -2.11. The number of rotatable bonds is 4. The SMILES string of the molecule is Cn1c(=O)c2c(nc3nc(N)nc(NCC[NH+](C)C)n32)n(C)c1=O.[Cl-]. The molecule has 0 radical (unpaired) electrons. The first-order valence-electron chi connectivity index (χ1n) is 7.46. The number of hydrogen-bond acceptors (Lipinski definition) is 7. The van der Waals surface area contributed by atoms with Crippen LogP contribution in [0.25, 0.3) is 16.9 Å². The molecular formula is C13H20ClN9O2. The molecule has 0 atom stereocenters. The predicted molar refractivity (Wildman–Crippen MR) is 89.3 cm³/mol. The smallest absolute Gasteiger partial charge is 0.332 e. The van der Waals surface area contributed by atoms with Crippen LogP contribution in [-0.2, 0) is 14.1 Å². The molecule has 0 aliphatic heterocycles. The van der Waals surface area contributed by atoms with Crippen LogP contribution in [0.2, 0.25) is 0 Å². The van der Waals surface area contributed by atoms with Crippen molar-refractivity contribution < 1.29 is 17.3 Å². The molecule has 0 saturated carbocycles. The van der Waals surface area contributed by atoms with E-state index in [0.717, 1.165) is 11.1 Å². The van der Waals surface area contributed by atoms with Gasteiger partial charge in [-0.1, -0.05) is 0 Å². The molecule has 3 rings (SSSR count). The van der Waals surface area contributed by atoms with E-state index in [2.05, 4.69) is 20.3 Å². The Morgan fingerprint density at radius 3 is 2.44 bits per heavy atom. The number of halogens is 1. The Balaban J connectivity index is 0.00000225. The van der Waals surface area contributed by atoms with Crippen LogP contribution in [0.3, 0.4) is 0 Å². The van der Waals surface area contributed by atoms with Crippen LogP contribution in [0.1, 0.15) is 0 Å². The number of nitrogen functional groups attached to an aromatic ring is 1. The Kier molecular flexibility index (Phi) is 4.99. The van der Waals surface area contributed by atoms with Crippen LogP contribution < -0.4 is 39.6 Å². The minimum absolute atomic E-state index is 0. The first kappa shape index (κ1) is 18.7. The Labute approximate surface area is 148 Å². The van der Waals surface area contributed by atoms with Gasteiger partial charge in [0, 0.05) is 14.1 Å². The molecule has 4 N–H and O–H groups in total. The Morgan fingerprint density at radius 2 is 1.80 bits per heavy atom. The zero-order valence-corrected chi connectivity index (χ0v) is 15.1. The van der Waals surface area contributed by atoms with E-state index in [0.29, 0.717) is 12.5 Å². The number of imidazole rings is 1. The summed E-state index contributed by atoms with van der Waals surface area (Å²) in [5, 5.41) is 3.15. The van der Waals surface area contributed by atoms with Crippen molar-refractivity contribution in [3.05, 3.63) is 20.8 Å². The molecule has 0 unspecified atom stereocenters. The molecule has 0 aliphatic carbocycles. The number of likely N-dealkylation sites (N-methyl/N-ethyl adjacent to an activating group) is 1. The average Bonchev–Trinajstić information content (AvgIpc) is 2.89. The Hall–Kier alpha value is -2.66. The summed E-state index contributed by atoms with van der Waals surface area (Å²) in [6.45, 7) is 1.47. The first-order valence-corrected chi connectivity index (χ1v) is 7.46. The minimum Gasteiger partial charge on any atom is -1.00 e. The standard InChI is InChI=1S/C13H19N9O2.ClH/c1-19(2)6-5-15-11-17-10(14)18-12-16-8-7(22(11)12)9(23)21(4)13(24)20(8)3;/h5-6H2,1-4H3,(H3,14,15,16,17,18);1H. The summed E-state index contributed by atoms with van der Waals surface area (Å²) >= 11 is 0. The normalized spacial score (nSPS) is 11.2. The van der Waals surface area contributed by atoms with E-state index in [1.54, 1.807) is 7.05 Å². The van der Waals surface area contributed by atoms with Crippen molar-refractivity contribution in [1.82, 2.24) is 28.5 Å². The number of quaternary nitrogens is 1. The quantitative estimate of drug-likeness (QED) is 0.417. The van der Waals surface area contributed by atoms with Gasteiger partial charge in [0.1, 0.15) is 0 Å².